The van der Waals surface area contributed by atoms with Crippen LogP contribution in [0.2, 0.25) is 0 Å². The van der Waals surface area contributed by atoms with E-state index in [9.17, 15) is 14.0 Å². The average molecular weight is 277 g/mol. The molecule has 1 atom stereocenters. The average Bonchev–Trinajstić information content (AvgIpc) is 2.68. The van der Waals surface area contributed by atoms with Gasteiger partial charge in [0.15, 0.2) is 0 Å². The Morgan fingerprint density at radius 1 is 1.25 bits per heavy atom. The van der Waals surface area contributed by atoms with Crippen LogP contribution in [0.5, 0.6) is 0 Å². The second kappa shape index (κ2) is 6.16. The van der Waals surface area contributed by atoms with Gasteiger partial charge in [0.25, 0.3) is 11.7 Å². The number of carbonyl (C=O) groups is 2. The van der Waals surface area contributed by atoms with Crippen molar-refractivity contribution in [2.24, 2.45) is 5.92 Å². The number of hydrogen-bond acceptors (Lipinski definition) is 2. The van der Waals surface area contributed by atoms with E-state index in [1.165, 1.54) is 17.0 Å². The molecule has 0 aliphatic carbocycles. The summed E-state index contributed by atoms with van der Waals surface area (Å²) < 4.78 is 13.2. The van der Waals surface area contributed by atoms with Crippen molar-refractivity contribution in [3.63, 3.8) is 0 Å². The molecule has 1 heterocycles. The highest BCUT2D eigenvalue weighted by Gasteiger charge is 2.36. The molecule has 0 spiro atoms. The van der Waals surface area contributed by atoms with Crippen molar-refractivity contribution in [3.8, 4) is 0 Å². The van der Waals surface area contributed by atoms with E-state index >= 15 is 0 Å². The Morgan fingerprint density at radius 3 is 2.65 bits per heavy atom. The van der Waals surface area contributed by atoms with Gasteiger partial charge in [-0.3, -0.25) is 9.59 Å². The Labute approximate surface area is 118 Å². The molecule has 0 aromatic heterocycles. The van der Waals surface area contributed by atoms with Crippen molar-refractivity contribution in [1.82, 2.24) is 0 Å². The van der Waals surface area contributed by atoms with Crippen LogP contribution in [-0.4, -0.2) is 18.2 Å². The van der Waals surface area contributed by atoms with Crippen LogP contribution < -0.4 is 4.90 Å². The van der Waals surface area contributed by atoms with Crippen molar-refractivity contribution in [2.75, 3.05) is 11.4 Å². The largest absolute Gasteiger partial charge is 0.304 e. The second-order valence-corrected chi connectivity index (χ2v) is 5.32. The molecule has 0 bridgehead atoms. The van der Waals surface area contributed by atoms with E-state index in [-0.39, 0.29) is 5.56 Å². The quantitative estimate of drug-likeness (QED) is 0.745. The highest BCUT2D eigenvalue weighted by Crippen LogP contribution is 2.31. The Bertz CT molecular complexity index is 527. The number of nitrogens with zero attached hydrogens (tertiary/aromatic N) is 1. The van der Waals surface area contributed by atoms with E-state index in [1.807, 2.05) is 0 Å². The number of unbranched alkanes of at least 4 members (excludes halogenated alkanes) is 1. The fraction of sp³-hybridized carbons (Fsp3) is 0.500. The summed E-state index contributed by atoms with van der Waals surface area (Å²) in [6.07, 6.45) is 4.24. The van der Waals surface area contributed by atoms with Crippen LogP contribution in [0.15, 0.2) is 18.2 Å². The lowest BCUT2D eigenvalue weighted by molar-refractivity contribution is -0.114. The van der Waals surface area contributed by atoms with Crippen LogP contribution >= 0.6 is 0 Å². The lowest BCUT2D eigenvalue weighted by Crippen LogP contribution is -2.34. The van der Waals surface area contributed by atoms with Crippen molar-refractivity contribution >= 4 is 17.4 Å². The minimum absolute atomic E-state index is 0.195. The molecule has 108 valence electrons. The SMILES string of the molecule is CCCCC(CC)CN1C(=O)C(=O)c2cc(F)ccc21. The lowest BCUT2D eigenvalue weighted by atomic mass is 9.98. The zero-order chi connectivity index (χ0) is 14.7. The number of fused-ring (bicyclic) bond motifs is 1. The molecular weight excluding hydrogens is 257 g/mol. The second-order valence-electron chi connectivity index (χ2n) is 5.32. The number of carbonyl (C=O) groups excluding carboxylic acids is 2. The van der Waals surface area contributed by atoms with Crippen LogP contribution in [0.3, 0.4) is 0 Å². The van der Waals surface area contributed by atoms with Crippen molar-refractivity contribution in [1.29, 1.82) is 0 Å². The first-order chi connectivity index (χ1) is 9.58. The molecule has 3 nitrogen and oxygen atoms in total. The molecule has 1 unspecified atom stereocenters. The van der Waals surface area contributed by atoms with E-state index in [0.29, 0.717) is 18.2 Å². The molecule has 0 radical (unpaired) electrons. The molecule has 0 fully saturated rings. The third-order valence-electron chi connectivity index (χ3n) is 3.92. The van der Waals surface area contributed by atoms with Gasteiger partial charge in [-0.25, -0.2) is 4.39 Å². The number of halogens is 1. The van der Waals surface area contributed by atoms with Gasteiger partial charge in [0.05, 0.1) is 11.3 Å². The number of amides is 1. The maximum Gasteiger partial charge on any atom is 0.299 e. The molecule has 2 rings (SSSR count). The molecule has 1 amide bonds. The molecule has 1 aliphatic rings. The van der Waals surface area contributed by atoms with Gasteiger partial charge >= 0.3 is 0 Å². The predicted molar refractivity (Wildman–Crippen MR) is 76.4 cm³/mol. The van der Waals surface area contributed by atoms with Gasteiger partial charge in [0, 0.05) is 6.54 Å². The number of benzene rings is 1. The zero-order valence-corrected chi connectivity index (χ0v) is 12.0. The lowest BCUT2D eigenvalue weighted by Gasteiger charge is -2.23. The van der Waals surface area contributed by atoms with Crippen molar-refractivity contribution in [3.05, 3.63) is 29.6 Å². The van der Waals surface area contributed by atoms with Crippen LogP contribution in [0.4, 0.5) is 10.1 Å². The highest BCUT2D eigenvalue weighted by atomic mass is 19.1. The monoisotopic (exact) mass is 277 g/mol. The maximum atomic E-state index is 13.2. The maximum absolute atomic E-state index is 13.2. The molecular formula is C16H20FNO2. The molecule has 0 N–H and O–H groups in total. The summed E-state index contributed by atoms with van der Waals surface area (Å²) in [4.78, 5) is 25.5. The number of anilines is 1. The minimum atomic E-state index is -0.593. The van der Waals surface area contributed by atoms with Crippen molar-refractivity contribution < 1.29 is 14.0 Å². The van der Waals surface area contributed by atoms with E-state index in [2.05, 4.69) is 13.8 Å². The summed E-state index contributed by atoms with van der Waals surface area (Å²) in [6, 6.07) is 3.98. The molecule has 0 saturated carbocycles. The third-order valence-corrected chi connectivity index (χ3v) is 3.92. The third kappa shape index (κ3) is 2.74. The number of hydrogen-bond donors (Lipinski definition) is 0. The fourth-order valence-electron chi connectivity index (χ4n) is 2.63. The summed E-state index contributed by atoms with van der Waals surface area (Å²) >= 11 is 0. The minimum Gasteiger partial charge on any atom is -0.304 e. The van der Waals surface area contributed by atoms with Crippen LogP contribution in [0.25, 0.3) is 0 Å². The molecule has 20 heavy (non-hydrogen) atoms. The molecule has 1 aromatic rings. The first kappa shape index (κ1) is 14.7. The number of rotatable bonds is 6. The Kier molecular flexibility index (Phi) is 4.53. The zero-order valence-electron chi connectivity index (χ0n) is 12.0. The van der Waals surface area contributed by atoms with Gasteiger partial charge in [-0.15, -0.1) is 0 Å². The van der Waals surface area contributed by atoms with Gasteiger partial charge in [0.1, 0.15) is 5.82 Å². The van der Waals surface area contributed by atoms with Crippen molar-refractivity contribution in [2.45, 2.75) is 39.5 Å². The molecule has 1 aromatic carbocycles. The first-order valence-electron chi connectivity index (χ1n) is 7.24. The number of Topliss-reactive ketones (excluding diaryl/α,β-unsaturated/α-hetero) is 1. The topological polar surface area (TPSA) is 37.4 Å². The summed E-state index contributed by atoms with van der Waals surface area (Å²) in [5.41, 5.74) is 0.747. The van der Waals surface area contributed by atoms with Crippen LogP contribution in [0.1, 0.15) is 49.9 Å². The van der Waals surface area contributed by atoms with Gasteiger partial charge in [0.2, 0.25) is 0 Å². The van der Waals surface area contributed by atoms with Crippen LogP contribution in [-0.2, 0) is 4.79 Å². The van der Waals surface area contributed by atoms with E-state index in [0.717, 1.165) is 31.7 Å². The van der Waals surface area contributed by atoms with E-state index < -0.39 is 17.5 Å². The normalized spacial score (nSPS) is 15.7. The highest BCUT2D eigenvalue weighted by molar-refractivity contribution is 6.52. The van der Waals surface area contributed by atoms with Gasteiger partial charge < -0.3 is 4.90 Å². The molecule has 4 heteroatoms. The first-order valence-corrected chi connectivity index (χ1v) is 7.24. The Balaban J connectivity index is 2.21. The summed E-state index contributed by atoms with van der Waals surface area (Å²) in [7, 11) is 0. The van der Waals surface area contributed by atoms with Gasteiger partial charge in [-0.2, -0.15) is 0 Å². The molecule has 1 aliphatic heterocycles. The predicted octanol–water partition coefficient (Wildman–Crippen LogP) is 3.57. The van der Waals surface area contributed by atoms with Gasteiger partial charge in [-0.05, 0) is 30.5 Å². The van der Waals surface area contributed by atoms with E-state index in [1.54, 1.807) is 0 Å². The number of ketones is 1. The van der Waals surface area contributed by atoms with Crippen LogP contribution in [0, 0.1) is 11.7 Å². The standard InChI is InChI=1S/C16H20FNO2/c1-3-5-6-11(4-2)10-18-14-8-7-12(17)9-13(14)15(19)16(18)20/h7-9,11H,3-6,10H2,1-2H3. The summed E-state index contributed by atoms with van der Waals surface area (Å²) in [6.45, 7) is 4.77. The fourth-order valence-corrected chi connectivity index (χ4v) is 2.63. The van der Waals surface area contributed by atoms with E-state index in [4.69, 9.17) is 0 Å². The Hall–Kier alpha value is -1.71. The summed E-state index contributed by atoms with van der Waals surface area (Å²) in [5, 5.41) is 0. The molecule has 0 saturated heterocycles. The Morgan fingerprint density at radius 2 is 2.00 bits per heavy atom. The van der Waals surface area contributed by atoms with Gasteiger partial charge in [-0.1, -0.05) is 33.1 Å². The summed E-state index contributed by atoms with van der Waals surface area (Å²) in [5.74, 6) is -1.22. The smallest absolute Gasteiger partial charge is 0.299 e.